The summed E-state index contributed by atoms with van der Waals surface area (Å²) in [4.78, 5) is 24.8. The minimum absolute atomic E-state index is 0.0397. The zero-order chi connectivity index (χ0) is 23.3. The molecule has 2 aromatic rings. The summed E-state index contributed by atoms with van der Waals surface area (Å²) in [6.45, 7) is 3.08. The van der Waals surface area contributed by atoms with Gasteiger partial charge in [-0.1, -0.05) is 5.16 Å². The first-order chi connectivity index (χ1) is 16.2. The largest absolute Gasteiger partial charge is 0.455 e. The molecule has 0 bridgehead atoms. The van der Waals surface area contributed by atoms with E-state index in [0.29, 0.717) is 18.3 Å². The van der Waals surface area contributed by atoms with Gasteiger partial charge < -0.3 is 14.3 Å². The normalized spacial score (nSPS) is 25.7. The number of likely N-dealkylation sites (tertiary alicyclic amines) is 2. The van der Waals surface area contributed by atoms with Crippen LogP contribution in [0.4, 0.5) is 18.0 Å². The maximum absolute atomic E-state index is 12.9. The van der Waals surface area contributed by atoms with Crippen LogP contribution in [-0.4, -0.2) is 67.3 Å². The number of carbonyl (C=O) groups excluding carboxylic acids is 1. The number of alkyl halides is 3. The highest BCUT2D eigenvalue weighted by Gasteiger charge is 2.59. The van der Waals surface area contributed by atoms with Crippen molar-refractivity contribution in [2.45, 2.75) is 63.0 Å². The molecule has 182 valence electrons. The van der Waals surface area contributed by atoms with E-state index in [1.165, 1.54) is 12.8 Å². The van der Waals surface area contributed by atoms with Gasteiger partial charge in [0, 0.05) is 55.3 Å². The lowest BCUT2D eigenvalue weighted by atomic mass is 9.56. The Balaban J connectivity index is 0.844. The van der Waals surface area contributed by atoms with Crippen LogP contribution in [0, 0.1) is 16.7 Å². The molecular formula is C22H26F3N7O2. The molecule has 1 N–H and O–H groups in total. The second-order valence-electron chi connectivity index (χ2n) is 11.4. The second kappa shape index (κ2) is 6.72. The lowest BCUT2D eigenvalue weighted by Gasteiger charge is -2.63. The Kier molecular flexibility index (Phi) is 4.09. The zero-order valence-corrected chi connectivity index (χ0v) is 18.6. The predicted molar refractivity (Wildman–Crippen MR) is 109 cm³/mol. The van der Waals surface area contributed by atoms with Gasteiger partial charge in [0.1, 0.15) is 5.82 Å². The van der Waals surface area contributed by atoms with Gasteiger partial charge in [0.15, 0.2) is 5.82 Å². The molecule has 0 atom stereocenters. The number of carbonyl (C=O) groups is 1. The molecular weight excluding hydrogens is 451 g/mol. The van der Waals surface area contributed by atoms with Crippen molar-refractivity contribution < 1.29 is 22.5 Å². The number of aromatic amines is 1. The fraction of sp³-hybridized carbons (Fsp3) is 0.773. The van der Waals surface area contributed by atoms with Crippen LogP contribution in [0.1, 0.15) is 73.7 Å². The summed E-state index contributed by atoms with van der Waals surface area (Å²) in [6.07, 6.45) is 2.06. The zero-order valence-electron chi connectivity index (χ0n) is 18.6. The highest BCUT2D eigenvalue weighted by atomic mass is 19.4. The Morgan fingerprint density at radius 1 is 1.00 bits per heavy atom. The van der Waals surface area contributed by atoms with Crippen LogP contribution in [0.15, 0.2) is 4.52 Å². The predicted octanol–water partition coefficient (Wildman–Crippen LogP) is 3.34. The maximum atomic E-state index is 12.9. The first-order valence-corrected chi connectivity index (χ1v) is 12.1. The molecule has 9 nitrogen and oxygen atoms in total. The van der Waals surface area contributed by atoms with E-state index in [1.54, 1.807) is 0 Å². The molecule has 4 heterocycles. The maximum Gasteiger partial charge on any atom is 0.455 e. The lowest BCUT2D eigenvalue weighted by molar-refractivity contribution is -0.146. The van der Waals surface area contributed by atoms with Gasteiger partial charge in [-0.15, -0.1) is 0 Å². The van der Waals surface area contributed by atoms with Crippen LogP contribution in [0.3, 0.4) is 0 Å². The van der Waals surface area contributed by atoms with Gasteiger partial charge in [-0.3, -0.25) is 5.10 Å². The fourth-order valence-electron chi connectivity index (χ4n) is 6.70. The Labute approximate surface area is 193 Å². The molecule has 2 saturated heterocycles. The van der Waals surface area contributed by atoms with Crippen molar-refractivity contribution in [2.24, 2.45) is 16.7 Å². The number of halogens is 3. The summed E-state index contributed by atoms with van der Waals surface area (Å²) < 4.78 is 42.6. The first-order valence-electron chi connectivity index (χ1n) is 12.1. The van der Waals surface area contributed by atoms with E-state index in [-0.39, 0.29) is 28.7 Å². The number of H-pyrrole nitrogens is 1. The summed E-state index contributed by atoms with van der Waals surface area (Å²) in [5.41, 5.74) is 0.354. The third-order valence-electron chi connectivity index (χ3n) is 8.48. The SMILES string of the molecule is O=C(N1CC2(CC(Cc3nc(C(F)(F)F)no3)C2)C1)N1CC2(CC(c3n[nH]c(C4CC4)n3)C2)C1. The van der Waals surface area contributed by atoms with Crippen molar-refractivity contribution in [1.29, 1.82) is 0 Å². The van der Waals surface area contributed by atoms with Crippen molar-refractivity contribution in [1.82, 2.24) is 35.1 Å². The average molecular weight is 477 g/mol. The molecule has 0 aromatic carbocycles. The molecule has 2 aliphatic heterocycles. The number of aromatic nitrogens is 5. The molecule has 12 heteroatoms. The quantitative estimate of drug-likeness (QED) is 0.725. The first kappa shape index (κ1) is 20.7. The minimum atomic E-state index is -4.58. The van der Waals surface area contributed by atoms with Crippen LogP contribution >= 0.6 is 0 Å². The molecule has 0 unspecified atom stereocenters. The lowest BCUT2D eigenvalue weighted by Crippen LogP contribution is -2.70. The van der Waals surface area contributed by atoms with Crippen LogP contribution in [-0.2, 0) is 12.6 Å². The molecule has 34 heavy (non-hydrogen) atoms. The van der Waals surface area contributed by atoms with Gasteiger partial charge in [-0.2, -0.15) is 23.3 Å². The second-order valence-corrected chi connectivity index (χ2v) is 11.4. The average Bonchev–Trinajstić information content (AvgIpc) is 3.19. The smallest absolute Gasteiger partial charge is 0.339 e. The Hall–Kier alpha value is -2.66. The van der Waals surface area contributed by atoms with Crippen molar-refractivity contribution in [2.75, 3.05) is 26.2 Å². The number of hydrogen-bond acceptors (Lipinski definition) is 6. The molecule has 5 fully saturated rings. The van der Waals surface area contributed by atoms with Gasteiger partial charge in [0.05, 0.1) is 0 Å². The van der Waals surface area contributed by atoms with Gasteiger partial charge >= 0.3 is 12.2 Å². The fourth-order valence-corrected chi connectivity index (χ4v) is 6.70. The number of nitrogens with zero attached hydrogens (tertiary/aromatic N) is 6. The Morgan fingerprint density at radius 3 is 2.24 bits per heavy atom. The van der Waals surface area contributed by atoms with E-state index >= 15 is 0 Å². The molecule has 3 aliphatic carbocycles. The van der Waals surface area contributed by atoms with E-state index in [2.05, 4.69) is 25.3 Å². The monoisotopic (exact) mass is 477 g/mol. The molecule has 2 spiro atoms. The highest BCUT2D eigenvalue weighted by molar-refractivity contribution is 5.77. The van der Waals surface area contributed by atoms with E-state index in [9.17, 15) is 18.0 Å². The van der Waals surface area contributed by atoms with Crippen LogP contribution < -0.4 is 0 Å². The minimum Gasteiger partial charge on any atom is -0.339 e. The van der Waals surface area contributed by atoms with Gasteiger partial charge in [-0.05, 0) is 44.4 Å². The third-order valence-corrected chi connectivity index (χ3v) is 8.48. The molecule has 2 amide bonds. The van der Waals surface area contributed by atoms with E-state index in [0.717, 1.165) is 63.5 Å². The molecule has 7 rings (SSSR count). The van der Waals surface area contributed by atoms with Gasteiger partial charge in [-0.25, -0.2) is 9.78 Å². The molecule has 3 saturated carbocycles. The molecule has 0 radical (unpaired) electrons. The third kappa shape index (κ3) is 3.31. The number of nitrogens with one attached hydrogen (secondary N) is 1. The molecule has 5 aliphatic rings. The molecule has 2 aromatic heterocycles. The van der Waals surface area contributed by atoms with Gasteiger partial charge in [0.2, 0.25) is 5.89 Å². The van der Waals surface area contributed by atoms with Crippen molar-refractivity contribution in [3.63, 3.8) is 0 Å². The van der Waals surface area contributed by atoms with Crippen molar-refractivity contribution in [3.8, 4) is 0 Å². The van der Waals surface area contributed by atoms with E-state index < -0.39 is 12.0 Å². The highest BCUT2D eigenvalue weighted by Crippen LogP contribution is 2.57. The number of hydrogen-bond donors (Lipinski definition) is 1. The number of urea groups is 1. The standard InChI is InChI=1S/C22H26F3N7O2/c23-22(24,25)18-26-15(34-30-18)3-12-4-20(5-12)8-31(9-20)19(33)32-10-21(11-32)6-14(7-21)17-27-16(28-29-17)13-1-2-13/h12-14H,1-11H2,(H,27,28,29). The summed E-state index contributed by atoms with van der Waals surface area (Å²) >= 11 is 0. The van der Waals surface area contributed by atoms with E-state index in [4.69, 9.17) is 4.52 Å². The number of amides is 2. The summed E-state index contributed by atoms with van der Waals surface area (Å²) in [7, 11) is 0. The van der Waals surface area contributed by atoms with Crippen molar-refractivity contribution >= 4 is 6.03 Å². The van der Waals surface area contributed by atoms with Gasteiger partial charge in [0.25, 0.3) is 5.82 Å². The Bertz CT molecular complexity index is 1110. The topological polar surface area (TPSA) is 104 Å². The Morgan fingerprint density at radius 2 is 1.65 bits per heavy atom. The number of rotatable bonds is 4. The van der Waals surface area contributed by atoms with E-state index in [1.807, 2.05) is 9.80 Å². The van der Waals surface area contributed by atoms with Crippen molar-refractivity contribution in [3.05, 3.63) is 23.4 Å². The summed E-state index contributed by atoms with van der Waals surface area (Å²) in [5, 5.41) is 10.5. The summed E-state index contributed by atoms with van der Waals surface area (Å²) in [6, 6.07) is 0.115. The van der Waals surface area contributed by atoms with Crippen LogP contribution in [0.25, 0.3) is 0 Å². The summed E-state index contributed by atoms with van der Waals surface area (Å²) in [5.74, 6) is 2.02. The van der Waals surface area contributed by atoms with Crippen LogP contribution in [0.2, 0.25) is 0 Å². The van der Waals surface area contributed by atoms with Crippen LogP contribution in [0.5, 0.6) is 0 Å².